The van der Waals surface area contributed by atoms with Gasteiger partial charge in [-0.3, -0.25) is 0 Å². The summed E-state index contributed by atoms with van der Waals surface area (Å²) in [5, 5.41) is 3.45. The van der Waals surface area contributed by atoms with Gasteiger partial charge in [-0.1, -0.05) is 41.3 Å². The molecule has 0 bridgehead atoms. The predicted octanol–water partition coefficient (Wildman–Crippen LogP) is 3.95. The van der Waals surface area contributed by atoms with Crippen molar-refractivity contribution in [3.63, 3.8) is 0 Å². The monoisotopic (exact) mass is 354 g/mol. The van der Waals surface area contributed by atoms with Gasteiger partial charge in [0.2, 0.25) is 0 Å². The predicted molar refractivity (Wildman–Crippen MR) is 93.0 cm³/mol. The largest absolute Gasteiger partial charge is 0.383 e. The molecule has 0 aliphatic heterocycles. The van der Waals surface area contributed by atoms with Gasteiger partial charge >= 0.3 is 0 Å². The first-order valence-electron chi connectivity index (χ1n) is 7.93. The summed E-state index contributed by atoms with van der Waals surface area (Å²) in [6, 6.07) is 7.29. The van der Waals surface area contributed by atoms with Crippen molar-refractivity contribution < 1.29 is 4.74 Å². The summed E-state index contributed by atoms with van der Waals surface area (Å²) in [7, 11) is 3.99. The van der Waals surface area contributed by atoms with Crippen LogP contribution in [0.15, 0.2) is 22.7 Å². The summed E-state index contributed by atoms with van der Waals surface area (Å²) in [5.74, 6) is 0. The Kier molecular flexibility index (Phi) is 7.00. The van der Waals surface area contributed by atoms with Crippen LogP contribution in [0.5, 0.6) is 0 Å². The third-order valence-electron chi connectivity index (χ3n) is 4.35. The van der Waals surface area contributed by atoms with E-state index in [-0.39, 0.29) is 0 Å². The molecule has 21 heavy (non-hydrogen) atoms. The topological polar surface area (TPSA) is 24.5 Å². The van der Waals surface area contributed by atoms with Crippen LogP contribution in [0.25, 0.3) is 0 Å². The van der Waals surface area contributed by atoms with E-state index in [1.54, 1.807) is 7.11 Å². The zero-order chi connectivity index (χ0) is 15.1. The molecule has 1 N–H and O–H groups in total. The molecule has 1 aliphatic rings. The number of ether oxygens (including phenoxy) is 1. The first kappa shape index (κ1) is 16.8. The first-order chi connectivity index (χ1) is 10.2. The number of halogens is 1. The number of benzene rings is 1. The number of nitrogens with zero attached hydrogens (tertiary/aromatic N) is 1. The van der Waals surface area contributed by atoms with Crippen molar-refractivity contribution in [2.75, 3.05) is 32.2 Å². The molecule has 1 aliphatic carbocycles. The van der Waals surface area contributed by atoms with Crippen molar-refractivity contribution in [1.82, 2.24) is 5.32 Å². The van der Waals surface area contributed by atoms with Crippen molar-refractivity contribution in [2.24, 2.45) is 0 Å². The number of anilines is 1. The molecule has 0 aromatic heterocycles. The lowest BCUT2D eigenvalue weighted by atomic mass is 9.94. The quantitative estimate of drug-likeness (QED) is 0.750. The average molecular weight is 355 g/mol. The molecule has 3 nitrogen and oxygen atoms in total. The highest BCUT2D eigenvalue weighted by molar-refractivity contribution is 9.10. The second-order valence-electron chi connectivity index (χ2n) is 5.85. The van der Waals surface area contributed by atoms with Crippen molar-refractivity contribution in [3.05, 3.63) is 28.2 Å². The maximum atomic E-state index is 5.09. The van der Waals surface area contributed by atoms with E-state index in [4.69, 9.17) is 4.74 Å². The normalized spacial score (nSPS) is 16.1. The van der Waals surface area contributed by atoms with Gasteiger partial charge in [-0.05, 0) is 30.5 Å². The van der Waals surface area contributed by atoms with E-state index in [1.165, 1.54) is 43.4 Å². The molecule has 1 aromatic rings. The van der Waals surface area contributed by atoms with Gasteiger partial charge in [0.25, 0.3) is 0 Å². The van der Waals surface area contributed by atoms with E-state index in [2.05, 4.69) is 51.4 Å². The van der Waals surface area contributed by atoms with Crippen LogP contribution in [0.3, 0.4) is 0 Å². The van der Waals surface area contributed by atoms with Gasteiger partial charge in [0.1, 0.15) is 0 Å². The van der Waals surface area contributed by atoms with Gasteiger partial charge in [0.05, 0.1) is 6.61 Å². The maximum absolute atomic E-state index is 5.09. The van der Waals surface area contributed by atoms with E-state index in [9.17, 15) is 0 Å². The molecule has 0 amide bonds. The number of rotatable bonds is 7. The Labute approximate surface area is 137 Å². The van der Waals surface area contributed by atoms with Gasteiger partial charge in [-0.15, -0.1) is 0 Å². The summed E-state index contributed by atoms with van der Waals surface area (Å²) in [4.78, 5) is 2.48. The van der Waals surface area contributed by atoms with Crippen molar-refractivity contribution in [3.8, 4) is 0 Å². The van der Waals surface area contributed by atoms with Gasteiger partial charge in [-0.2, -0.15) is 0 Å². The van der Waals surface area contributed by atoms with Crippen LogP contribution >= 0.6 is 15.9 Å². The van der Waals surface area contributed by atoms with Crippen LogP contribution in [0.2, 0.25) is 0 Å². The Morgan fingerprint density at radius 1 is 1.29 bits per heavy atom. The third-order valence-corrected chi connectivity index (χ3v) is 4.84. The van der Waals surface area contributed by atoms with E-state index in [1.807, 2.05) is 0 Å². The van der Waals surface area contributed by atoms with E-state index < -0.39 is 0 Å². The third kappa shape index (κ3) is 4.97. The molecular weight excluding hydrogens is 328 g/mol. The molecule has 0 saturated heterocycles. The summed E-state index contributed by atoms with van der Waals surface area (Å²) < 4.78 is 6.24. The highest BCUT2D eigenvalue weighted by Crippen LogP contribution is 2.30. The Balaban J connectivity index is 2.06. The minimum absolute atomic E-state index is 0.686. The number of hydrogen-bond donors (Lipinski definition) is 1. The van der Waals surface area contributed by atoms with E-state index in [0.717, 1.165) is 24.2 Å². The first-order valence-corrected chi connectivity index (χ1v) is 8.72. The van der Waals surface area contributed by atoms with Crippen LogP contribution in [0.1, 0.15) is 37.7 Å². The molecule has 0 unspecified atom stereocenters. The molecule has 0 spiro atoms. The summed E-state index contributed by atoms with van der Waals surface area (Å²) in [5.41, 5.74) is 2.71. The van der Waals surface area contributed by atoms with Crippen LogP contribution in [-0.4, -0.2) is 33.4 Å². The van der Waals surface area contributed by atoms with Crippen LogP contribution in [-0.2, 0) is 11.3 Å². The molecule has 1 aromatic carbocycles. The highest BCUT2D eigenvalue weighted by Gasteiger charge is 2.20. The SMILES string of the molecule is COCCNCc1ccc(Br)cc1N(C)C1CCCCC1. The Morgan fingerprint density at radius 3 is 2.76 bits per heavy atom. The van der Waals surface area contributed by atoms with Crippen molar-refractivity contribution >= 4 is 21.6 Å². The fourth-order valence-corrected chi connectivity index (χ4v) is 3.43. The zero-order valence-electron chi connectivity index (χ0n) is 13.2. The minimum atomic E-state index is 0.686. The zero-order valence-corrected chi connectivity index (χ0v) is 14.8. The van der Waals surface area contributed by atoms with Crippen LogP contribution < -0.4 is 10.2 Å². The number of methoxy groups -OCH3 is 1. The number of hydrogen-bond acceptors (Lipinski definition) is 3. The van der Waals surface area contributed by atoms with Crippen molar-refractivity contribution in [2.45, 2.75) is 44.7 Å². The summed E-state index contributed by atoms with van der Waals surface area (Å²) >= 11 is 3.61. The number of nitrogens with one attached hydrogen (secondary N) is 1. The van der Waals surface area contributed by atoms with Gasteiger partial charge < -0.3 is 15.0 Å². The molecular formula is C17H27BrN2O. The standard InChI is InChI=1S/C17H27BrN2O/c1-20(16-6-4-3-5-7-16)17-12-15(18)9-8-14(17)13-19-10-11-21-2/h8-9,12,16,19H,3-7,10-11,13H2,1-2H3. The Bertz CT molecular complexity index is 433. The van der Waals surface area contributed by atoms with Crippen molar-refractivity contribution in [1.29, 1.82) is 0 Å². The van der Waals surface area contributed by atoms with E-state index in [0.29, 0.717) is 6.04 Å². The fraction of sp³-hybridized carbons (Fsp3) is 0.647. The molecule has 1 fully saturated rings. The van der Waals surface area contributed by atoms with E-state index >= 15 is 0 Å². The second kappa shape index (κ2) is 8.76. The molecule has 1 saturated carbocycles. The smallest absolute Gasteiger partial charge is 0.0587 e. The molecule has 4 heteroatoms. The van der Waals surface area contributed by atoms with Crippen LogP contribution in [0, 0.1) is 0 Å². The maximum Gasteiger partial charge on any atom is 0.0587 e. The fourth-order valence-electron chi connectivity index (χ4n) is 3.08. The van der Waals surface area contributed by atoms with Crippen LogP contribution in [0.4, 0.5) is 5.69 Å². The van der Waals surface area contributed by atoms with Gasteiger partial charge in [-0.25, -0.2) is 0 Å². The Morgan fingerprint density at radius 2 is 2.05 bits per heavy atom. The molecule has 2 rings (SSSR count). The molecule has 0 atom stereocenters. The molecule has 118 valence electrons. The lowest BCUT2D eigenvalue weighted by Gasteiger charge is -2.34. The highest BCUT2D eigenvalue weighted by atomic mass is 79.9. The van der Waals surface area contributed by atoms with Gasteiger partial charge in [0, 0.05) is 43.4 Å². The average Bonchev–Trinajstić information content (AvgIpc) is 2.53. The lowest BCUT2D eigenvalue weighted by Crippen LogP contribution is -2.34. The summed E-state index contributed by atoms with van der Waals surface area (Å²) in [6.07, 6.45) is 6.77. The Hall–Kier alpha value is -0.580. The van der Waals surface area contributed by atoms with Gasteiger partial charge in [0.15, 0.2) is 0 Å². The second-order valence-corrected chi connectivity index (χ2v) is 6.76. The summed E-state index contributed by atoms with van der Waals surface area (Å²) in [6.45, 7) is 2.53. The minimum Gasteiger partial charge on any atom is -0.383 e. The molecule has 0 radical (unpaired) electrons. The lowest BCUT2D eigenvalue weighted by molar-refractivity contribution is 0.199. The molecule has 0 heterocycles.